The van der Waals surface area contributed by atoms with E-state index < -0.39 is 10.0 Å². The number of sulfonamides is 1. The van der Waals surface area contributed by atoms with Crippen LogP contribution >= 0.6 is 11.6 Å². The number of amides is 1. The van der Waals surface area contributed by atoms with Crippen molar-refractivity contribution in [3.63, 3.8) is 0 Å². The van der Waals surface area contributed by atoms with Gasteiger partial charge in [-0.15, -0.1) is 0 Å². The fourth-order valence-electron chi connectivity index (χ4n) is 2.47. The van der Waals surface area contributed by atoms with E-state index in [4.69, 9.17) is 21.1 Å². The van der Waals surface area contributed by atoms with Crippen molar-refractivity contribution in [3.8, 4) is 11.5 Å². The molecule has 0 radical (unpaired) electrons. The summed E-state index contributed by atoms with van der Waals surface area (Å²) < 4.78 is 38.3. The van der Waals surface area contributed by atoms with Gasteiger partial charge in [0.05, 0.1) is 28.8 Å². The number of ether oxygens (including phenoxy) is 2. The van der Waals surface area contributed by atoms with Crippen molar-refractivity contribution in [1.82, 2.24) is 4.72 Å². The average Bonchev–Trinajstić information content (AvgIpc) is 2.88. The number of para-hydroxylation sites is 1. The van der Waals surface area contributed by atoms with Crippen molar-refractivity contribution in [1.29, 1.82) is 0 Å². The van der Waals surface area contributed by atoms with Crippen molar-refractivity contribution in [2.45, 2.75) is 17.7 Å². The Kier molecular flexibility index (Phi) is 6.20. The molecular weight excluding hydrogens is 392 g/mol. The van der Waals surface area contributed by atoms with Crippen molar-refractivity contribution in [2.24, 2.45) is 0 Å². The van der Waals surface area contributed by atoms with Gasteiger partial charge in [0.2, 0.25) is 15.9 Å². The van der Waals surface area contributed by atoms with Gasteiger partial charge in [0.15, 0.2) is 11.5 Å². The molecule has 0 saturated heterocycles. The molecule has 0 unspecified atom stereocenters. The third-order valence-electron chi connectivity index (χ3n) is 3.82. The number of benzene rings is 2. The lowest BCUT2D eigenvalue weighted by Gasteiger charge is -2.11. The van der Waals surface area contributed by atoms with Crippen LogP contribution in [0.15, 0.2) is 47.4 Å². The molecule has 1 amide bonds. The minimum absolute atomic E-state index is 0.0327. The molecule has 0 aromatic heterocycles. The number of carbonyl (C=O) groups excluding carboxylic acids is 1. The number of rotatable bonds is 6. The SMILES string of the molecule is O=C(CCNS(=O)(=O)c1ccc2c(c1)OCCCO2)Nc1ccccc1Cl. The lowest BCUT2D eigenvalue weighted by atomic mass is 10.3. The predicted octanol–water partition coefficient (Wildman–Crippen LogP) is 2.81. The van der Waals surface area contributed by atoms with Crippen LogP contribution in [-0.4, -0.2) is 34.1 Å². The molecule has 2 N–H and O–H groups in total. The van der Waals surface area contributed by atoms with E-state index in [-0.39, 0.29) is 23.8 Å². The Morgan fingerprint density at radius 2 is 1.81 bits per heavy atom. The van der Waals surface area contributed by atoms with E-state index in [1.807, 2.05) is 0 Å². The second-order valence-electron chi connectivity index (χ2n) is 5.83. The number of anilines is 1. The number of hydrogen-bond acceptors (Lipinski definition) is 5. The Balaban J connectivity index is 1.58. The summed E-state index contributed by atoms with van der Waals surface area (Å²) in [5.41, 5.74) is 0.481. The molecule has 0 saturated carbocycles. The topological polar surface area (TPSA) is 93.7 Å². The van der Waals surface area contributed by atoms with E-state index in [2.05, 4.69) is 10.0 Å². The molecule has 0 spiro atoms. The summed E-state index contributed by atoms with van der Waals surface area (Å²) in [6, 6.07) is 11.3. The molecule has 7 nitrogen and oxygen atoms in total. The van der Waals surface area contributed by atoms with Crippen LogP contribution in [0.4, 0.5) is 5.69 Å². The Morgan fingerprint density at radius 1 is 1.07 bits per heavy atom. The molecule has 1 aliphatic rings. The second-order valence-corrected chi connectivity index (χ2v) is 8.01. The Bertz CT molecular complexity index is 933. The molecule has 1 heterocycles. The highest BCUT2D eigenvalue weighted by Crippen LogP contribution is 2.31. The van der Waals surface area contributed by atoms with E-state index in [1.165, 1.54) is 12.1 Å². The fraction of sp³-hybridized carbons (Fsp3) is 0.278. The van der Waals surface area contributed by atoms with E-state index >= 15 is 0 Å². The van der Waals surface area contributed by atoms with Crippen LogP contribution in [0.3, 0.4) is 0 Å². The first-order valence-electron chi connectivity index (χ1n) is 8.39. The zero-order valence-electron chi connectivity index (χ0n) is 14.4. The highest BCUT2D eigenvalue weighted by molar-refractivity contribution is 7.89. The molecule has 3 rings (SSSR count). The standard InChI is InChI=1S/C18H19ClN2O5S/c19-14-4-1-2-5-15(14)21-18(22)8-9-20-27(23,24)13-6-7-16-17(12-13)26-11-3-10-25-16/h1-2,4-7,12,20H,3,8-11H2,(H,21,22). The molecular formula is C18H19ClN2O5S. The minimum atomic E-state index is -3.77. The van der Waals surface area contributed by atoms with Crippen LogP contribution in [0.1, 0.15) is 12.8 Å². The Morgan fingerprint density at radius 3 is 2.59 bits per heavy atom. The molecule has 9 heteroatoms. The first-order valence-corrected chi connectivity index (χ1v) is 10.3. The van der Waals surface area contributed by atoms with Crippen LogP contribution < -0.4 is 19.5 Å². The molecule has 0 aliphatic carbocycles. The van der Waals surface area contributed by atoms with Crippen molar-refractivity contribution in [3.05, 3.63) is 47.5 Å². The van der Waals surface area contributed by atoms with Crippen molar-refractivity contribution < 1.29 is 22.7 Å². The summed E-state index contributed by atoms with van der Waals surface area (Å²) in [6.07, 6.45) is 0.699. The summed E-state index contributed by atoms with van der Waals surface area (Å²) in [5, 5.41) is 3.06. The van der Waals surface area contributed by atoms with Gasteiger partial charge in [-0.05, 0) is 24.3 Å². The van der Waals surface area contributed by atoms with Gasteiger partial charge in [0.25, 0.3) is 0 Å². The summed E-state index contributed by atoms with van der Waals surface area (Å²) >= 11 is 5.98. The van der Waals surface area contributed by atoms with E-state index in [1.54, 1.807) is 30.3 Å². The Hall–Kier alpha value is -2.29. The van der Waals surface area contributed by atoms with Crippen LogP contribution in [0.2, 0.25) is 5.02 Å². The average molecular weight is 411 g/mol. The summed E-state index contributed by atoms with van der Waals surface area (Å²) in [4.78, 5) is 12.0. The lowest BCUT2D eigenvalue weighted by Crippen LogP contribution is -2.28. The van der Waals surface area contributed by atoms with E-state index in [0.29, 0.717) is 35.4 Å². The molecule has 1 aliphatic heterocycles. The number of carbonyl (C=O) groups is 1. The third kappa shape index (κ3) is 5.12. The first kappa shape index (κ1) is 19.5. The maximum absolute atomic E-state index is 12.4. The van der Waals surface area contributed by atoms with Gasteiger partial charge < -0.3 is 14.8 Å². The van der Waals surface area contributed by atoms with Crippen molar-refractivity contribution in [2.75, 3.05) is 25.1 Å². The van der Waals surface area contributed by atoms with Gasteiger partial charge in [-0.1, -0.05) is 23.7 Å². The van der Waals surface area contributed by atoms with Crippen LogP contribution in [0.25, 0.3) is 0 Å². The summed E-state index contributed by atoms with van der Waals surface area (Å²) in [5.74, 6) is 0.571. The normalized spacial score (nSPS) is 13.7. The first-order chi connectivity index (χ1) is 13.0. The van der Waals surface area contributed by atoms with Gasteiger partial charge in [-0.2, -0.15) is 0 Å². The molecule has 0 atom stereocenters. The van der Waals surface area contributed by atoms with Gasteiger partial charge in [-0.25, -0.2) is 13.1 Å². The predicted molar refractivity (Wildman–Crippen MR) is 102 cm³/mol. The highest BCUT2D eigenvalue weighted by Gasteiger charge is 2.19. The molecule has 0 fully saturated rings. The third-order valence-corrected chi connectivity index (χ3v) is 5.61. The second kappa shape index (κ2) is 8.60. The summed E-state index contributed by atoms with van der Waals surface area (Å²) in [7, 11) is -3.77. The van der Waals surface area contributed by atoms with E-state index in [9.17, 15) is 13.2 Å². The molecule has 0 bridgehead atoms. The van der Waals surface area contributed by atoms with Gasteiger partial charge in [0, 0.05) is 25.5 Å². The molecule has 2 aromatic carbocycles. The van der Waals surface area contributed by atoms with Crippen LogP contribution in [0, 0.1) is 0 Å². The number of halogens is 1. The smallest absolute Gasteiger partial charge is 0.240 e. The lowest BCUT2D eigenvalue weighted by molar-refractivity contribution is -0.116. The number of hydrogen-bond donors (Lipinski definition) is 2. The maximum Gasteiger partial charge on any atom is 0.240 e. The molecule has 2 aromatic rings. The van der Waals surface area contributed by atoms with Gasteiger partial charge in [0.1, 0.15) is 0 Å². The van der Waals surface area contributed by atoms with Gasteiger partial charge in [-0.3, -0.25) is 4.79 Å². The zero-order valence-corrected chi connectivity index (χ0v) is 16.0. The maximum atomic E-state index is 12.4. The largest absolute Gasteiger partial charge is 0.490 e. The Labute approximate surface area is 162 Å². The fourth-order valence-corrected chi connectivity index (χ4v) is 3.70. The quantitative estimate of drug-likeness (QED) is 0.763. The van der Waals surface area contributed by atoms with Crippen LogP contribution in [0.5, 0.6) is 11.5 Å². The highest BCUT2D eigenvalue weighted by atomic mass is 35.5. The number of nitrogens with one attached hydrogen (secondary N) is 2. The van der Waals surface area contributed by atoms with E-state index in [0.717, 1.165) is 6.42 Å². The van der Waals surface area contributed by atoms with Gasteiger partial charge >= 0.3 is 0 Å². The summed E-state index contributed by atoms with van der Waals surface area (Å²) in [6.45, 7) is 0.942. The molecule has 27 heavy (non-hydrogen) atoms. The number of fused-ring (bicyclic) bond motifs is 1. The minimum Gasteiger partial charge on any atom is -0.490 e. The van der Waals surface area contributed by atoms with Crippen LogP contribution in [-0.2, 0) is 14.8 Å². The monoisotopic (exact) mass is 410 g/mol. The zero-order chi connectivity index (χ0) is 19.3. The van der Waals surface area contributed by atoms with Crippen molar-refractivity contribution >= 4 is 33.2 Å². The molecule has 144 valence electrons.